The molecule has 6 nitrogen and oxygen atoms in total. The number of carbonyl (C=O) groups excluding carboxylic acids is 2. The molecule has 0 aliphatic rings. The van der Waals surface area contributed by atoms with Crippen LogP contribution in [0.1, 0.15) is 26.5 Å². The number of hydrogen-bond donors (Lipinski definition) is 2. The fourth-order valence-electron chi connectivity index (χ4n) is 2.65. The highest BCUT2D eigenvalue weighted by atomic mass is 32.1. The fourth-order valence-corrected chi connectivity index (χ4v) is 3.76. The number of carbonyl (C=O) groups is 2. The van der Waals surface area contributed by atoms with Crippen LogP contribution in [0.3, 0.4) is 0 Å². The summed E-state index contributed by atoms with van der Waals surface area (Å²) in [5, 5.41) is 3.44. The van der Waals surface area contributed by atoms with Gasteiger partial charge in [-0.15, -0.1) is 11.3 Å². The minimum atomic E-state index is -0.624. The van der Waals surface area contributed by atoms with Crippen molar-refractivity contribution < 1.29 is 14.3 Å². The molecule has 134 valence electrons. The molecule has 2 heterocycles. The average Bonchev–Trinajstić information content (AvgIpc) is 2.91. The van der Waals surface area contributed by atoms with Gasteiger partial charge in [0.2, 0.25) is 0 Å². The van der Waals surface area contributed by atoms with Gasteiger partial charge < -0.3 is 15.8 Å². The van der Waals surface area contributed by atoms with Gasteiger partial charge in [-0.1, -0.05) is 17.7 Å². The van der Waals surface area contributed by atoms with E-state index < -0.39 is 11.9 Å². The van der Waals surface area contributed by atoms with Crippen LogP contribution in [0.5, 0.6) is 0 Å². The first-order valence-corrected chi connectivity index (χ1v) is 8.86. The maximum absolute atomic E-state index is 12.3. The molecule has 0 fully saturated rings. The zero-order valence-electron chi connectivity index (χ0n) is 14.8. The van der Waals surface area contributed by atoms with Gasteiger partial charge in [-0.3, -0.25) is 4.79 Å². The molecule has 0 unspecified atom stereocenters. The summed E-state index contributed by atoms with van der Waals surface area (Å²) in [6.45, 7) is 5.38. The Kier molecular flexibility index (Phi) is 4.90. The van der Waals surface area contributed by atoms with Crippen LogP contribution >= 0.6 is 11.3 Å². The molecule has 1 amide bonds. The molecular formula is C19H19N3O3S. The molecule has 1 aromatic carbocycles. The second-order valence-electron chi connectivity index (χ2n) is 6.10. The molecule has 0 saturated heterocycles. The summed E-state index contributed by atoms with van der Waals surface area (Å²) in [4.78, 5) is 29.7. The van der Waals surface area contributed by atoms with Crippen molar-refractivity contribution in [2.75, 3.05) is 17.7 Å². The second-order valence-corrected chi connectivity index (χ2v) is 7.09. The van der Waals surface area contributed by atoms with E-state index in [1.54, 1.807) is 12.1 Å². The van der Waals surface area contributed by atoms with Crippen molar-refractivity contribution in [3.63, 3.8) is 0 Å². The summed E-state index contributed by atoms with van der Waals surface area (Å²) in [5.41, 5.74) is 10.00. The largest absolute Gasteiger partial charge is 0.451 e. The maximum Gasteiger partial charge on any atom is 0.351 e. The Morgan fingerprint density at radius 2 is 1.88 bits per heavy atom. The normalized spacial score (nSPS) is 10.7. The molecule has 3 rings (SSSR count). The van der Waals surface area contributed by atoms with Gasteiger partial charge >= 0.3 is 5.97 Å². The second kappa shape index (κ2) is 7.13. The number of aryl methyl sites for hydroxylation is 3. The lowest BCUT2D eigenvalue weighted by molar-refractivity contribution is -0.119. The molecule has 2 aromatic heterocycles. The van der Waals surface area contributed by atoms with Gasteiger partial charge in [0.25, 0.3) is 5.91 Å². The van der Waals surface area contributed by atoms with Crippen LogP contribution in [0.4, 0.5) is 11.4 Å². The number of nitrogen functional groups attached to an aromatic ring is 1. The quantitative estimate of drug-likeness (QED) is 0.685. The lowest BCUT2D eigenvalue weighted by Gasteiger charge is -2.06. The number of nitrogens with two attached hydrogens (primary N) is 1. The van der Waals surface area contributed by atoms with Crippen LogP contribution in [0.15, 0.2) is 30.3 Å². The highest BCUT2D eigenvalue weighted by Crippen LogP contribution is 2.35. The number of esters is 1. The molecule has 0 aliphatic carbocycles. The lowest BCUT2D eigenvalue weighted by atomic mass is 10.1. The van der Waals surface area contributed by atoms with Gasteiger partial charge in [-0.2, -0.15) is 0 Å². The Morgan fingerprint density at radius 3 is 2.58 bits per heavy atom. The highest BCUT2D eigenvalue weighted by molar-refractivity contribution is 7.21. The molecule has 7 heteroatoms. The molecule has 0 saturated carbocycles. The first-order chi connectivity index (χ1) is 12.3. The number of hydrogen-bond acceptors (Lipinski definition) is 6. The Morgan fingerprint density at radius 1 is 1.19 bits per heavy atom. The van der Waals surface area contributed by atoms with Crippen molar-refractivity contribution in [1.29, 1.82) is 0 Å². The Balaban J connectivity index is 1.69. The molecular weight excluding hydrogens is 350 g/mol. The number of nitrogens with one attached hydrogen (secondary N) is 1. The van der Waals surface area contributed by atoms with E-state index in [1.807, 2.05) is 39.0 Å². The number of anilines is 2. The van der Waals surface area contributed by atoms with Crippen molar-refractivity contribution in [2.45, 2.75) is 20.8 Å². The van der Waals surface area contributed by atoms with Crippen molar-refractivity contribution in [3.8, 4) is 0 Å². The molecule has 3 N–H and O–H groups in total. The summed E-state index contributed by atoms with van der Waals surface area (Å²) >= 11 is 1.18. The van der Waals surface area contributed by atoms with Gasteiger partial charge in [-0.05, 0) is 44.5 Å². The van der Waals surface area contributed by atoms with Crippen LogP contribution in [0.25, 0.3) is 10.2 Å². The first-order valence-electron chi connectivity index (χ1n) is 8.05. The van der Waals surface area contributed by atoms with E-state index >= 15 is 0 Å². The third-order valence-electron chi connectivity index (χ3n) is 3.88. The summed E-state index contributed by atoms with van der Waals surface area (Å²) in [6.07, 6.45) is 0. The number of amides is 1. The number of nitrogens with zero attached hydrogens (tertiary/aromatic N) is 1. The lowest BCUT2D eigenvalue weighted by Crippen LogP contribution is -2.20. The van der Waals surface area contributed by atoms with E-state index in [9.17, 15) is 9.59 Å². The zero-order chi connectivity index (χ0) is 18.8. The number of pyridine rings is 1. The third-order valence-corrected chi connectivity index (χ3v) is 4.96. The Labute approximate surface area is 155 Å². The van der Waals surface area contributed by atoms with Crippen molar-refractivity contribution in [3.05, 3.63) is 52.0 Å². The number of aromatic nitrogens is 1. The average molecular weight is 369 g/mol. The van der Waals surface area contributed by atoms with E-state index in [0.29, 0.717) is 16.2 Å². The van der Waals surface area contributed by atoms with E-state index in [1.165, 1.54) is 11.3 Å². The fraction of sp³-hybridized carbons (Fsp3) is 0.211. The zero-order valence-corrected chi connectivity index (χ0v) is 15.6. The van der Waals surface area contributed by atoms with Gasteiger partial charge in [0.05, 0.1) is 5.69 Å². The Hall–Kier alpha value is -2.93. The van der Waals surface area contributed by atoms with E-state index in [4.69, 9.17) is 10.5 Å². The number of thiophene rings is 1. The highest BCUT2D eigenvalue weighted by Gasteiger charge is 2.21. The van der Waals surface area contributed by atoms with E-state index in [-0.39, 0.29) is 11.5 Å². The van der Waals surface area contributed by atoms with Crippen molar-refractivity contribution in [2.24, 2.45) is 0 Å². The molecule has 0 spiro atoms. The number of rotatable bonds is 4. The number of fused-ring (bicyclic) bond motifs is 1. The molecule has 0 bridgehead atoms. The minimum absolute atomic E-state index is 0.268. The van der Waals surface area contributed by atoms with Crippen molar-refractivity contribution in [1.82, 2.24) is 4.98 Å². The van der Waals surface area contributed by atoms with Gasteiger partial charge in [0.15, 0.2) is 6.61 Å². The molecule has 0 aliphatic heterocycles. The summed E-state index contributed by atoms with van der Waals surface area (Å²) in [7, 11) is 0. The standard InChI is InChI=1S/C19H19N3O3S/c1-10-4-6-13(7-5-10)22-14(23)9-25-19(24)17-16(20)15-11(2)8-12(3)21-18(15)26-17/h4-8H,9,20H2,1-3H3,(H,22,23). The molecule has 3 aromatic rings. The number of ether oxygens (including phenoxy) is 1. The predicted octanol–water partition coefficient (Wildman–Crippen LogP) is 3.60. The van der Waals surface area contributed by atoms with Gasteiger partial charge in [0.1, 0.15) is 9.71 Å². The maximum atomic E-state index is 12.3. The molecule has 26 heavy (non-hydrogen) atoms. The van der Waals surface area contributed by atoms with Crippen LogP contribution in [0, 0.1) is 20.8 Å². The van der Waals surface area contributed by atoms with Crippen LogP contribution in [-0.4, -0.2) is 23.5 Å². The third kappa shape index (κ3) is 3.67. The first kappa shape index (κ1) is 17.9. The van der Waals surface area contributed by atoms with E-state index in [0.717, 1.165) is 22.2 Å². The minimum Gasteiger partial charge on any atom is -0.451 e. The van der Waals surface area contributed by atoms with E-state index in [2.05, 4.69) is 10.3 Å². The molecule has 0 radical (unpaired) electrons. The summed E-state index contributed by atoms with van der Waals surface area (Å²) in [5.74, 6) is -1.03. The predicted molar refractivity (Wildman–Crippen MR) is 104 cm³/mol. The SMILES string of the molecule is Cc1ccc(NC(=O)COC(=O)c2sc3nc(C)cc(C)c3c2N)cc1. The number of benzene rings is 1. The van der Waals surface area contributed by atoms with Crippen molar-refractivity contribution >= 4 is 44.8 Å². The van der Waals surface area contributed by atoms with Gasteiger partial charge in [0, 0.05) is 16.8 Å². The smallest absolute Gasteiger partial charge is 0.351 e. The van der Waals surface area contributed by atoms with Crippen LogP contribution in [0.2, 0.25) is 0 Å². The topological polar surface area (TPSA) is 94.3 Å². The Bertz CT molecular complexity index is 993. The summed E-state index contributed by atoms with van der Waals surface area (Å²) in [6, 6.07) is 9.26. The molecule has 0 atom stereocenters. The van der Waals surface area contributed by atoms with Gasteiger partial charge in [-0.25, -0.2) is 9.78 Å². The summed E-state index contributed by atoms with van der Waals surface area (Å²) < 4.78 is 5.12. The van der Waals surface area contributed by atoms with Crippen LogP contribution in [-0.2, 0) is 9.53 Å². The monoisotopic (exact) mass is 369 g/mol. The van der Waals surface area contributed by atoms with Crippen LogP contribution < -0.4 is 11.1 Å².